The zero-order chi connectivity index (χ0) is 27.0. The Morgan fingerprint density at radius 1 is 1.13 bits per heavy atom. The summed E-state index contributed by atoms with van der Waals surface area (Å²) >= 11 is 1.52. The second-order valence-corrected chi connectivity index (χ2v) is 11.3. The number of benzene rings is 1. The Bertz CT molecular complexity index is 1340. The van der Waals surface area contributed by atoms with Gasteiger partial charge in [0.25, 0.3) is 5.91 Å². The lowest BCUT2D eigenvalue weighted by Gasteiger charge is -2.31. The van der Waals surface area contributed by atoms with E-state index in [9.17, 15) is 22.8 Å². The van der Waals surface area contributed by atoms with Gasteiger partial charge in [0, 0.05) is 29.6 Å². The maximum absolute atomic E-state index is 13.1. The van der Waals surface area contributed by atoms with E-state index in [1.54, 1.807) is 4.90 Å². The van der Waals surface area contributed by atoms with Gasteiger partial charge in [0.2, 0.25) is 5.91 Å². The van der Waals surface area contributed by atoms with Gasteiger partial charge in [0.15, 0.2) is 5.69 Å². The van der Waals surface area contributed by atoms with Gasteiger partial charge in [0.05, 0.1) is 11.0 Å². The molecule has 0 bridgehead atoms. The number of thiazole rings is 1. The van der Waals surface area contributed by atoms with Crippen LogP contribution in [0.15, 0.2) is 30.3 Å². The van der Waals surface area contributed by atoms with Crippen molar-refractivity contribution in [3.05, 3.63) is 68.4 Å². The summed E-state index contributed by atoms with van der Waals surface area (Å²) in [5, 5.41) is 7.63. The molecule has 202 valence electrons. The SMILES string of the molecule is Cc1sc(C2CCN(C(=O)Cn3nc(C(F)(F)F)cc3C)CC2)nc1C(=O)N[C@H]1CCCc2ccccc21. The van der Waals surface area contributed by atoms with Crippen molar-refractivity contribution in [1.82, 2.24) is 25.0 Å². The summed E-state index contributed by atoms with van der Waals surface area (Å²) in [4.78, 5) is 33.2. The standard InChI is InChI=1S/C27H30F3N5O2S/c1-16-14-22(27(28,29)30)33-35(16)15-23(36)34-12-10-19(11-13-34)26-32-24(17(2)38-26)25(37)31-21-9-5-7-18-6-3-4-8-20(18)21/h3-4,6,8,14,19,21H,5,7,9-13,15H2,1-2H3,(H,31,37)/t21-/m0/s1. The van der Waals surface area contributed by atoms with E-state index in [1.165, 1.54) is 29.4 Å². The number of carbonyl (C=O) groups excluding carboxylic acids is 2. The summed E-state index contributed by atoms with van der Waals surface area (Å²) in [5.41, 5.74) is 2.22. The summed E-state index contributed by atoms with van der Waals surface area (Å²) in [5.74, 6) is -0.290. The highest BCUT2D eigenvalue weighted by molar-refractivity contribution is 7.12. The first-order valence-corrected chi connectivity index (χ1v) is 13.7. The molecule has 1 aromatic carbocycles. The van der Waals surface area contributed by atoms with Crippen molar-refractivity contribution in [2.75, 3.05) is 13.1 Å². The molecule has 2 aromatic heterocycles. The Kier molecular flexibility index (Phi) is 7.30. The molecule has 1 aliphatic heterocycles. The fraction of sp³-hybridized carbons (Fsp3) is 0.481. The molecule has 1 fully saturated rings. The van der Waals surface area contributed by atoms with Crippen LogP contribution in [0.1, 0.15) is 80.5 Å². The van der Waals surface area contributed by atoms with Crippen LogP contribution in [0.3, 0.4) is 0 Å². The monoisotopic (exact) mass is 545 g/mol. The Balaban J connectivity index is 1.19. The molecule has 7 nitrogen and oxygen atoms in total. The zero-order valence-corrected chi connectivity index (χ0v) is 22.2. The van der Waals surface area contributed by atoms with E-state index < -0.39 is 11.9 Å². The van der Waals surface area contributed by atoms with E-state index in [-0.39, 0.29) is 30.3 Å². The summed E-state index contributed by atoms with van der Waals surface area (Å²) in [6.07, 6.45) is -0.214. The summed E-state index contributed by atoms with van der Waals surface area (Å²) in [7, 11) is 0. The maximum Gasteiger partial charge on any atom is 0.435 e. The third-order valence-corrected chi connectivity index (χ3v) is 8.59. The Hall–Kier alpha value is -3.21. The van der Waals surface area contributed by atoms with Crippen molar-refractivity contribution in [1.29, 1.82) is 0 Å². The van der Waals surface area contributed by atoms with Crippen molar-refractivity contribution < 1.29 is 22.8 Å². The van der Waals surface area contributed by atoms with Gasteiger partial charge < -0.3 is 10.2 Å². The van der Waals surface area contributed by atoms with Crippen molar-refractivity contribution in [3.8, 4) is 0 Å². The van der Waals surface area contributed by atoms with E-state index in [1.807, 2.05) is 19.1 Å². The molecule has 1 atom stereocenters. The molecule has 1 saturated heterocycles. The highest BCUT2D eigenvalue weighted by Gasteiger charge is 2.35. The molecule has 5 rings (SSSR count). The van der Waals surface area contributed by atoms with Gasteiger partial charge in [-0.1, -0.05) is 24.3 Å². The van der Waals surface area contributed by atoms with E-state index in [0.29, 0.717) is 37.3 Å². The predicted octanol–water partition coefficient (Wildman–Crippen LogP) is 5.19. The molecular formula is C27H30F3N5O2S. The van der Waals surface area contributed by atoms with Crippen LogP contribution in [0, 0.1) is 13.8 Å². The number of nitrogens with one attached hydrogen (secondary N) is 1. The number of hydrogen-bond acceptors (Lipinski definition) is 5. The number of hydrogen-bond donors (Lipinski definition) is 1. The molecule has 2 amide bonds. The van der Waals surface area contributed by atoms with Gasteiger partial charge in [-0.05, 0) is 63.1 Å². The topological polar surface area (TPSA) is 80.1 Å². The first-order valence-electron chi connectivity index (χ1n) is 12.9. The van der Waals surface area contributed by atoms with Gasteiger partial charge in [-0.3, -0.25) is 14.3 Å². The van der Waals surface area contributed by atoms with Crippen molar-refractivity contribution in [2.45, 2.75) is 70.6 Å². The number of amides is 2. The lowest BCUT2D eigenvalue weighted by Crippen LogP contribution is -2.40. The minimum absolute atomic E-state index is 0.0168. The Morgan fingerprint density at radius 3 is 2.58 bits per heavy atom. The highest BCUT2D eigenvalue weighted by atomic mass is 32.1. The normalized spacial score (nSPS) is 18.3. The molecule has 1 aliphatic carbocycles. The van der Waals surface area contributed by atoms with Gasteiger partial charge in [0.1, 0.15) is 12.2 Å². The van der Waals surface area contributed by atoms with Crippen LogP contribution in [0.4, 0.5) is 13.2 Å². The van der Waals surface area contributed by atoms with E-state index in [4.69, 9.17) is 4.98 Å². The van der Waals surface area contributed by atoms with Crippen molar-refractivity contribution >= 4 is 23.2 Å². The molecule has 0 radical (unpaired) electrons. The number of carbonyl (C=O) groups is 2. The first-order chi connectivity index (χ1) is 18.1. The van der Waals surface area contributed by atoms with Crippen LogP contribution < -0.4 is 5.32 Å². The fourth-order valence-corrected chi connectivity index (χ4v) is 6.43. The number of fused-ring (bicyclic) bond motifs is 1. The number of aryl methyl sites for hydroxylation is 3. The average Bonchev–Trinajstić information content (AvgIpc) is 3.47. The Morgan fingerprint density at radius 2 is 1.87 bits per heavy atom. The lowest BCUT2D eigenvalue weighted by molar-refractivity contribution is -0.142. The third-order valence-electron chi connectivity index (χ3n) is 7.46. The van der Waals surface area contributed by atoms with Crippen molar-refractivity contribution in [2.24, 2.45) is 0 Å². The fourth-order valence-electron chi connectivity index (χ4n) is 5.35. The molecule has 11 heteroatoms. The Labute approximate surface area is 223 Å². The van der Waals surface area contributed by atoms with Crippen LogP contribution >= 0.6 is 11.3 Å². The average molecular weight is 546 g/mol. The summed E-state index contributed by atoms with van der Waals surface area (Å²) in [6.45, 7) is 4.15. The predicted molar refractivity (Wildman–Crippen MR) is 137 cm³/mol. The molecule has 0 spiro atoms. The quantitative estimate of drug-likeness (QED) is 0.479. The van der Waals surface area contributed by atoms with E-state index >= 15 is 0 Å². The summed E-state index contributed by atoms with van der Waals surface area (Å²) in [6, 6.07) is 9.16. The number of aromatic nitrogens is 3. The van der Waals surface area contributed by atoms with Gasteiger partial charge in [-0.25, -0.2) is 4.98 Å². The number of alkyl halides is 3. The van der Waals surface area contributed by atoms with Crippen molar-refractivity contribution in [3.63, 3.8) is 0 Å². The molecule has 2 aliphatic rings. The third kappa shape index (κ3) is 5.48. The lowest BCUT2D eigenvalue weighted by atomic mass is 9.87. The van der Waals surface area contributed by atoms with E-state index in [0.717, 1.165) is 39.9 Å². The van der Waals surface area contributed by atoms with Crippen LogP contribution in [0.25, 0.3) is 0 Å². The summed E-state index contributed by atoms with van der Waals surface area (Å²) < 4.78 is 39.9. The number of likely N-dealkylation sites (tertiary alicyclic amines) is 1. The van der Waals surface area contributed by atoms with Crippen LogP contribution in [-0.4, -0.2) is 44.6 Å². The maximum atomic E-state index is 13.1. The first kappa shape index (κ1) is 26.4. The van der Waals surface area contributed by atoms with E-state index in [2.05, 4.69) is 22.5 Å². The molecular weight excluding hydrogens is 515 g/mol. The second kappa shape index (κ2) is 10.5. The number of halogens is 3. The van der Waals surface area contributed by atoms with Gasteiger partial charge in [-0.15, -0.1) is 11.3 Å². The van der Waals surface area contributed by atoms with Crippen LogP contribution in [0.2, 0.25) is 0 Å². The number of rotatable bonds is 5. The highest BCUT2D eigenvalue weighted by Crippen LogP contribution is 2.34. The molecule has 1 N–H and O–H groups in total. The minimum Gasteiger partial charge on any atom is -0.344 e. The molecule has 38 heavy (non-hydrogen) atoms. The number of piperidine rings is 1. The van der Waals surface area contributed by atoms with Crippen LogP contribution in [-0.2, 0) is 23.9 Å². The largest absolute Gasteiger partial charge is 0.435 e. The van der Waals surface area contributed by atoms with Gasteiger partial charge in [-0.2, -0.15) is 18.3 Å². The molecule has 0 unspecified atom stereocenters. The number of nitrogens with zero attached hydrogens (tertiary/aromatic N) is 4. The van der Waals surface area contributed by atoms with Crippen LogP contribution in [0.5, 0.6) is 0 Å². The smallest absolute Gasteiger partial charge is 0.344 e. The van der Waals surface area contributed by atoms with Gasteiger partial charge >= 0.3 is 6.18 Å². The molecule has 0 saturated carbocycles. The zero-order valence-electron chi connectivity index (χ0n) is 21.3. The molecule has 3 aromatic rings. The molecule has 3 heterocycles. The second-order valence-electron chi connectivity index (χ2n) is 10.1. The minimum atomic E-state index is -4.54.